The molecule has 0 bridgehead atoms. The van der Waals surface area contributed by atoms with Gasteiger partial charge in [0.05, 0.1) is 6.61 Å². The van der Waals surface area contributed by atoms with Gasteiger partial charge < -0.3 is 0 Å². The predicted octanol–water partition coefficient (Wildman–Crippen LogP) is 0.854. The van der Waals surface area contributed by atoms with Gasteiger partial charge >= 0.3 is 0 Å². The number of carbonyl (C=O) groups excluding carboxylic acids is 1. The van der Waals surface area contributed by atoms with Crippen molar-refractivity contribution in [3.8, 4) is 0 Å². The smallest absolute Gasteiger partial charge is 0.240 e. The lowest BCUT2D eigenvalue weighted by Crippen LogP contribution is -2.20. The van der Waals surface area contributed by atoms with Crippen LogP contribution in [0.5, 0.6) is 0 Å². The van der Waals surface area contributed by atoms with Crippen molar-refractivity contribution in [1.82, 2.24) is 5.48 Å². The van der Waals surface area contributed by atoms with Crippen LogP contribution in [0.25, 0.3) is 0 Å². The van der Waals surface area contributed by atoms with Crippen molar-refractivity contribution in [2.45, 2.75) is 26.7 Å². The van der Waals surface area contributed by atoms with Crippen LogP contribution in [-0.4, -0.2) is 12.5 Å². The number of hydrogen-bond acceptors (Lipinski definition) is 2. The van der Waals surface area contributed by atoms with E-state index in [-0.39, 0.29) is 5.91 Å². The van der Waals surface area contributed by atoms with Crippen LogP contribution in [0.1, 0.15) is 26.7 Å². The Balaban J connectivity index is 2.83. The zero-order valence-corrected chi connectivity index (χ0v) is 5.94. The maximum atomic E-state index is 10.2. The molecule has 0 aliphatic carbocycles. The van der Waals surface area contributed by atoms with Crippen LogP contribution >= 0.6 is 0 Å². The van der Waals surface area contributed by atoms with Gasteiger partial charge in [0.15, 0.2) is 0 Å². The quantitative estimate of drug-likeness (QED) is 0.454. The van der Waals surface area contributed by atoms with Gasteiger partial charge in [-0.3, -0.25) is 9.63 Å². The lowest BCUT2D eigenvalue weighted by atomic mass is 10.4. The van der Waals surface area contributed by atoms with Crippen molar-refractivity contribution in [2.24, 2.45) is 0 Å². The highest BCUT2D eigenvalue weighted by Gasteiger charge is 1.87. The highest BCUT2D eigenvalue weighted by Crippen LogP contribution is 1.84. The Morgan fingerprint density at radius 2 is 2.33 bits per heavy atom. The topological polar surface area (TPSA) is 38.3 Å². The Kier molecular flexibility index (Phi) is 5.21. The third-order valence-corrected chi connectivity index (χ3v) is 0.816. The molecule has 0 atom stereocenters. The highest BCUT2D eigenvalue weighted by molar-refractivity contribution is 5.71. The van der Waals surface area contributed by atoms with Crippen LogP contribution in [-0.2, 0) is 9.63 Å². The zero-order valence-electron chi connectivity index (χ0n) is 5.94. The summed E-state index contributed by atoms with van der Waals surface area (Å²) in [5, 5.41) is 0. The first-order valence-corrected chi connectivity index (χ1v) is 3.15. The largest absolute Gasteiger partial charge is 0.274 e. The Morgan fingerprint density at radius 3 is 2.78 bits per heavy atom. The molecule has 0 radical (unpaired) electrons. The van der Waals surface area contributed by atoms with E-state index in [2.05, 4.69) is 12.4 Å². The molecule has 0 rings (SSSR count). The van der Waals surface area contributed by atoms with E-state index >= 15 is 0 Å². The fraction of sp³-hybridized carbons (Fsp3) is 0.833. The van der Waals surface area contributed by atoms with E-state index in [0.29, 0.717) is 6.61 Å². The molecule has 54 valence electrons. The molecule has 0 spiro atoms. The lowest BCUT2D eigenvalue weighted by Gasteiger charge is -1.99. The van der Waals surface area contributed by atoms with Gasteiger partial charge in [0.1, 0.15) is 0 Å². The molecule has 0 aliphatic rings. The lowest BCUT2D eigenvalue weighted by molar-refractivity contribution is -0.131. The van der Waals surface area contributed by atoms with E-state index in [0.717, 1.165) is 12.8 Å². The van der Waals surface area contributed by atoms with E-state index in [1.165, 1.54) is 6.92 Å². The number of hydrogen-bond donors (Lipinski definition) is 1. The molecule has 0 unspecified atom stereocenters. The van der Waals surface area contributed by atoms with E-state index in [1.807, 2.05) is 0 Å². The minimum Gasteiger partial charge on any atom is -0.274 e. The number of amides is 1. The van der Waals surface area contributed by atoms with Crippen molar-refractivity contribution < 1.29 is 9.63 Å². The standard InChI is InChI=1S/C6H13NO2/c1-3-4-5-9-7-6(2)8/h3-5H2,1-2H3,(H,7,8). The molecule has 9 heavy (non-hydrogen) atoms. The highest BCUT2D eigenvalue weighted by atomic mass is 16.6. The fourth-order valence-corrected chi connectivity index (χ4v) is 0.369. The Morgan fingerprint density at radius 1 is 1.67 bits per heavy atom. The van der Waals surface area contributed by atoms with Crippen molar-refractivity contribution in [3.05, 3.63) is 0 Å². The second-order valence-corrected chi connectivity index (χ2v) is 1.86. The second-order valence-electron chi connectivity index (χ2n) is 1.86. The molecule has 0 aliphatic heterocycles. The van der Waals surface area contributed by atoms with Gasteiger partial charge in [-0.1, -0.05) is 13.3 Å². The SMILES string of the molecule is CCCCONC(C)=O. The molecule has 0 saturated carbocycles. The van der Waals surface area contributed by atoms with Crippen molar-refractivity contribution in [1.29, 1.82) is 0 Å². The summed E-state index contributed by atoms with van der Waals surface area (Å²) in [6.07, 6.45) is 2.07. The molecule has 0 aromatic rings. The molecule has 0 fully saturated rings. The number of unbranched alkanes of at least 4 members (excludes halogenated alkanes) is 1. The van der Waals surface area contributed by atoms with Gasteiger partial charge in [-0.2, -0.15) is 0 Å². The molecular weight excluding hydrogens is 118 g/mol. The van der Waals surface area contributed by atoms with Crippen LogP contribution in [0.2, 0.25) is 0 Å². The van der Waals surface area contributed by atoms with Crippen molar-refractivity contribution in [2.75, 3.05) is 6.61 Å². The second kappa shape index (κ2) is 5.56. The summed E-state index contributed by atoms with van der Waals surface area (Å²) in [5.74, 6) is -0.147. The first-order valence-electron chi connectivity index (χ1n) is 3.15. The molecule has 0 saturated heterocycles. The molecule has 1 amide bonds. The van der Waals surface area contributed by atoms with Crippen LogP contribution < -0.4 is 5.48 Å². The first kappa shape index (κ1) is 8.43. The molecule has 0 aromatic heterocycles. The summed E-state index contributed by atoms with van der Waals surface area (Å²) in [7, 11) is 0. The van der Waals surface area contributed by atoms with E-state index in [4.69, 9.17) is 4.84 Å². The zero-order chi connectivity index (χ0) is 7.11. The average Bonchev–Trinajstić information content (AvgIpc) is 1.80. The first-order chi connectivity index (χ1) is 4.27. The Labute approximate surface area is 55.3 Å². The van der Waals surface area contributed by atoms with Crippen LogP contribution in [0.15, 0.2) is 0 Å². The van der Waals surface area contributed by atoms with Gasteiger partial charge in [0, 0.05) is 6.92 Å². The monoisotopic (exact) mass is 131 g/mol. The predicted molar refractivity (Wildman–Crippen MR) is 34.7 cm³/mol. The van der Waals surface area contributed by atoms with Gasteiger partial charge in [-0.15, -0.1) is 0 Å². The molecule has 0 aromatic carbocycles. The summed E-state index contributed by atoms with van der Waals surface area (Å²) in [6.45, 7) is 4.10. The van der Waals surface area contributed by atoms with Crippen LogP contribution in [0, 0.1) is 0 Å². The molecule has 3 heteroatoms. The molecule has 0 heterocycles. The van der Waals surface area contributed by atoms with Gasteiger partial charge in [0.25, 0.3) is 0 Å². The average molecular weight is 131 g/mol. The van der Waals surface area contributed by atoms with E-state index in [9.17, 15) is 4.79 Å². The van der Waals surface area contributed by atoms with Crippen LogP contribution in [0.4, 0.5) is 0 Å². The number of rotatable bonds is 4. The number of nitrogens with one attached hydrogen (secondary N) is 1. The summed E-state index contributed by atoms with van der Waals surface area (Å²) < 4.78 is 0. The minimum atomic E-state index is -0.147. The minimum absolute atomic E-state index is 0.147. The maximum absolute atomic E-state index is 10.2. The van der Waals surface area contributed by atoms with Gasteiger partial charge in [-0.25, -0.2) is 5.48 Å². The summed E-state index contributed by atoms with van der Waals surface area (Å²) in [6, 6.07) is 0. The summed E-state index contributed by atoms with van der Waals surface area (Å²) in [4.78, 5) is 14.9. The van der Waals surface area contributed by atoms with Crippen molar-refractivity contribution in [3.63, 3.8) is 0 Å². The van der Waals surface area contributed by atoms with Gasteiger partial charge in [0.2, 0.25) is 5.91 Å². The van der Waals surface area contributed by atoms with Crippen LogP contribution in [0.3, 0.4) is 0 Å². The Hall–Kier alpha value is -0.570. The number of hydroxylamine groups is 1. The van der Waals surface area contributed by atoms with E-state index in [1.54, 1.807) is 0 Å². The van der Waals surface area contributed by atoms with Crippen molar-refractivity contribution >= 4 is 5.91 Å². The summed E-state index contributed by atoms with van der Waals surface area (Å²) in [5.41, 5.74) is 2.24. The molecule has 1 N–H and O–H groups in total. The van der Waals surface area contributed by atoms with Gasteiger partial charge in [-0.05, 0) is 6.42 Å². The third-order valence-electron chi connectivity index (χ3n) is 0.816. The number of carbonyl (C=O) groups is 1. The maximum Gasteiger partial charge on any atom is 0.240 e. The van der Waals surface area contributed by atoms with E-state index < -0.39 is 0 Å². The molecular formula is C6H13NO2. The normalized spacial score (nSPS) is 9.11. The Bertz CT molecular complexity index is 83.1. The fourth-order valence-electron chi connectivity index (χ4n) is 0.369. The third kappa shape index (κ3) is 7.43. The molecule has 3 nitrogen and oxygen atoms in total. The summed E-state index contributed by atoms with van der Waals surface area (Å²) >= 11 is 0.